The van der Waals surface area contributed by atoms with E-state index in [1.807, 2.05) is 24.3 Å². The number of nitrogens with one attached hydrogen (secondary N) is 2. The van der Waals surface area contributed by atoms with Gasteiger partial charge in [0.25, 0.3) is 0 Å². The number of rotatable bonds is 5. The maximum Gasteiger partial charge on any atom is 0.170 e. The summed E-state index contributed by atoms with van der Waals surface area (Å²) in [5.41, 5.74) is 3.77. The Bertz CT molecular complexity index is 705. The molecule has 0 amide bonds. The highest BCUT2D eigenvalue weighted by molar-refractivity contribution is 7.80. The number of hydrogen-bond acceptors (Lipinski definition) is 2. The van der Waals surface area contributed by atoms with Gasteiger partial charge < -0.3 is 15.5 Å². The summed E-state index contributed by atoms with van der Waals surface area (Å²) in [5, 5.41) is 7.76. The summed E-state index contributed by atoms with van der Waals surface area (Å²) in [5.74, 6) is 0. The standard InChI is InChI=1S/C19H22ClN3S/c20-16-8-3-9-17(14-16)22-19(24)21-11-5-13-23-12-4-7-15-6-1-2-10-18(15)23/h1-3,6,8-10,14H,4-5,7,11-13H2,(H2,21,22,24). The molecule has 1 aliphatic heterocycles. The number of hydrogen-bond donors (Lipinski definition) is 2. The average molecular weight is 360 g/mol. The van der Waals surface area contributed by atoms with Crippen LogP contribution in [-0.2, 0) is 6.42 Å². The average Bonchev–Trinajstić information content (AvgIpc) is 2.59. The molecule has 1 aliphatic rings. The van der Waals surface area contributed by atoms with Crippen LogP contribution in [0.1, 0.15) is 18.4 Å². The van der Waals surface area contributed by atoms with Crippen molar-refractivity contribution in [2.75, 3.05) is 29.9 Å². The van der Waals surface area contributed by atoms with Crippen LogP contribution in [0.3, 0.4) is 0 Å². The summed E-state index contributed by atoms with van der Waals surface area (Å²) in [6.45, 7) is 3.04. The number of benzene rings is 2. The first-order chi connectivity index (χ1) is 11.7. The molecule has 3 nitrogen and oxygen atoms in total. The highest BCUT2D eigenvalue weighted by Gasteiger charge is 2.15. The normalized spacial score (nSPS) is 13.3. The highest BCUT2D eigenvalue weighted by atomic mass is 35.5. The molecular formula is C19H22ClN3S. The molecule has 2 N–H and O–H groups in total. The summed E-state index contributed by atoms with van der Waals surface area (Å²) >= 11 is 11.3. The molecule has 0 bridgehead atoms. The zero-order chi connectivity index (χ0) is 16.8. The molecule has 0 atom stereocenters. The maximum absolute atomic E-state index is 5.97. The van der Waals surface area contributed by atoms with Crippen LogP contribution < -0.4 is 15.5 Å². The molecule has 1 heterocycles. The van der Waals surface area contributed by atoms with Crippen molar-refractivity contribution >= 4 is 40.3 Å². The van der Waals surface area contributed by atoms with Crippen LogP contribution in [0.2, 0.25) is 5.02 Å². The zero-order valence-corrected chi connectivity index (χ0v) is 15.2. The van der Waals surface area contributed by atoms with Gasteiger partial charge in [-0.3, -0.25) is 0 Å². The molecule has 0 aliphatic carbocycles. The Kier molecular flexibility index (Phi) is 5.94. The second-order valence-corrected chi connectivity index (χ2v) is 6.81. The van der Waals surface area contributed by atoms with Gasteiger partial charge in [0, 0.05) is 36.0 Å². The second kappa shape index (κ2) is 8.36. The molecule has 3 rings (SSSR count). The van der Waals surface area contributed by atoms with Gasteiger partial charge in [-0.25, -0.2) is 0 Å². The Hall–Kier alpha value is -1.78. The van der Waals surface area contributed by atoms with E-state index in [1.54, 1.807) is 0 Å². The Morgan fingerprint density at radius 3 is 2.92 bits per heavy atom. The van der Waals surface area contributed by atoms with Crippen LogP contribution in [0.4, 0.5) is 11.4 Å². The topological polar surface area (TPSA) is 27.3 Å². The van der Waals surface area contributed by atoms with Gasteiger partial charge in [-0.1, -0.05) is 35.9 Å². The largest absolute Gasteiger partial charge is 0.371 e. The van der Waals surface area contributed by atoms with Crippen molar-refractivity contribution in [3.8, 4) is 0 Å². The minimum absolute atomic E-state index is 0.635. The van der Waals surface area contributed by atoms with Gasteiger partial charge in [0.05, 0.1) is 0 Å². The Balaban J connectivity index is 1.42. The van der Waals surface area contributed by atoms with Gasteiger partial charge >= 0.3 is 0 Å². The fourth-order valence-electron chi connectivity index (χ4n) is 3.06. The maximum atomic E-state index is 5.97. The van der Waals surface area contributed by atoms with Crippen molar-refractivity contribution in [3.05, 3.63) is 59.1 Å². The van der Waals surface area contributed by atoms with Crippen LogP contribution in [-0.4, -0.2) is 24.7 Å². The fraction of sp³-hybridized carbons (Fsp3) is 0.316. The molecule has 0 saturated heterocycles. The third-order valence-electron chi connectivity index (χ3n) is 4.18. The van der Waals surface area contributed by atoms with Gasteiger partial charge in [-0.2, -0.15) is 0 Å². The molecule has 0 aromatic heterocycles. The van der Waals surface area contributed by atoms with E-state index in [2.05, 4.69) is 39.8 Å². The first-order valence-electron chi connectivity index (χ1n) is 8.35. The lowest BCUT2D eigenvalue weighted by Gasteiger charge is -2.31. The van der Waals surface area contributed by atoms with Crippen molar-refractivity contribution in [3.63, 3.8) is 0 Å². The van der Waals surface area contributed by atoms with Crippen LogP contribution in [0, 0.1) is 0 Å². The van der Waals surface area contributed by atoms with Gasteiger partial charge in [0.2, 0.25) is 0 Å². The zero-order valence-electron chi connectivity index (χ0n) is 13.6. The lowest BCUT2D eigenvalue weighted by Crippen LogP contribution is -2.34. The van der Waals surface area contributed by atoms with E-state index < -0.39 is 0 Å². The summed E-state index contributed by atoms with van der Waals surface area (Å²) in [4.78, 5) is 2.48. The lowest BCUT2D eigenvalue weighted by molar-refractivity contribution is 0.658. The second-order valence-electron chi connectivity index (χ2n) is 5.96. The van der Waals surface area contributed by atoms with Crippen molar-refractivity contribution in [1.29, 1.82) is 0 Å². The van der Waals surface area contributed by atoms with Crippen molar-refractivity contribution in [2.24, 2.45) is 0 Å². The molecule has 5 heteroatoms. The summed E-state index contributed by atoms with van der Waals surface area (Å²) in [7, 11) is 0. The fourth-order valence-corrected chi connectivity index (χ4v) is 3.47. The minimum Gasteiger partial charge on any atom is -0.371 e. The van der Waals surface area contributed by atoms with Gasteiger partial charge in [-0.05, 0) is 61.3 Å². The van der Waals surface area contributed by atoms with Crippen molar-refractivity contribution in [2.45, 2.75) is 19.3 Å². The van der Waals surface area contributed by atoms with Crippen LogP contribution in [0.25, 0.3) is 0 Å². The summed E-state index contributed by atoms with van der Waals surface area (Å²) in [6, 6.07) is 16.3. The summed E-state index contributed by atoms with van der Waals surface area (Å²) in [6.07, 6.45) is 3.48. The van der Waals surface area contributed by atoms with E-state index in [1.165, 1.54) is 24.1 Å². The van der Waals surface area contributed by atoms with Gasteiger partial charge in [0.15, 0.2) is 5.11 Å². The third-order valence-corrected chi connectivity index (χ3v) is 4.66. The Labute approximate surface area is 154 Å². The minimum atomic E-state index is 0.635. The Morgan fingerprint density at radius 1 is 1.17 bits per heavy atom. The first-order valence-corrected chi connectivity index (χ1v) is 9.14. The number of fused-ring (bicyclic) bond motifs is 1. The predicted octanol–water partition coefficient (Wildman–Crippen LogP) is 4.47. The van der Waals surface area contributed by atoms with Crippen LogP contribution in [0.15, 0.2) is 48.5 Å². The number of halogens is 1. The smallest absolute Gasteiger partial charge is 0.170 e. The lowest BCUT2D eigenvalue weighted by atomic mass is 10.0. The molecule has 2 aromatic rings. The highest BCUT2D eigenvalue weighted by Crippen LogP contribution is 2.26. The van der Waals surface area contributed by atoms with Crippen molar-refractivity contribution in [1.82, 2.24) is 5.32 Å². The molecule has 2 aromatic carbocycles. The van der Waals surface area contributed by atoms with E-state index in [4.69, 9.17) is 23.8 Å². The molecule has 24 heavy (non-hydrogen) atoms. The van der Waals surface area contributed by atoms with Crippen LogP contribution >= 0.6 is 23.8 Å². The summed E-state index contributed by atoms with van der Waals surface area (Å²) < 4.78 is 0. The van der Waals surface area contributed by atoms with E-state index in [0.717, 1.165) is 31.7 Å². The van der Waals surface area contributed by atoms with Gasteiger partial charge in [0.1, 0.15) is 0 Å². The molecular weight excluding hydrogens is 338 g/mol. The number of nitrogens with zero attached hydrogens (tertiary/aromatic N) is 1. The number of thiocarbonyl (C=S) groups is 1. The monoisotopic (exact) mass is 359 g/mol. The van der Waals surface area contributed by atoms with Gasteiger partial charge in [-0.15, -0.1) is 0 Å². The van der Waals surface area contributed by atoms with E-state index in [9.17, 15) is 0 Å². The van der Waals surface area contributed by atoms with E-state index in [-0.39, 0.29) is 0 Å². The van der Waals surface area contributed by atoms with Crippen molar-refractivity contribution < 1.29 is 0 Å². The number of aryl methyl sites for hydroxylation is 1. The third kappa shape index (κ3) is 4.62. The van der Waals surface area contributed by atoms with Crippen LogP contribution in [0.5, 0.6) is 0 Å². The molecule has 0 radical (unpaired) electrons. The van der Waals surface area contributed by atoms with E-state index >= 15 is 0 Å². The molecule has 0 spiro atoms. The Morgan fingerprint density at radius 2 is 2.04 bits per heavy atom. The molecule has 0 unspecified atom stereocenters. The number of anilines is 2. The predicted molar refractivity (Wildman–Crippen MR) is 107 cm³/mol. The molecule has 126 valence electrons. The quantitative estimate of drug-likeness (QED) is 0.608. The molecule has 0 fully saturated rings. The van der Waals surface area contributed by atoms with E-state index in [0.29, 0.717) is 10.1 Å². The first kappa shape index (κ1) is 17.1. The SMILES string of the molecule is S=C(NCCCN1CCCc2ccccc21)Nc1cccc(Cl)c1. The molecule has 0 saturated carbocycles. The number of para-hydroxylation sites is 1.